The van der Waals surface area contributed by atoms with Crippen LogP contribution >= 0.6 is 23.2 Å². The Hall–Kier alpha value is -3.03. The topological polar surface area (TPSA) is 75.9 Å². The number of hydrogen-bond acceptors (Lipinski definition) is 3. The lowest BCUT2D eigenvalue weighted by molar-refractivity contribution is 0.0694. The number of aromatic amines is 1. The molecule has 1 N–H and O–H groups in total. The molecule has 1 amide bonds. The molecule has 0 aliphatic carbocycles. The van der Waals surface area contributed by atoms with Crippen molar-refractivity contribution in [2.75, 3.05) is 13.1 Å². The van der Waals surface area contributed by atoms with Crippen molar-refractivity contribution in [3.63, 3.8) is 0 Å². The van der Waals surface area contributed by atoms with Crippen molar-refractivity contribution in [2.45, 2.75) is 32.4 Å². The minimum absolute atomic E-state index is 0.0391. The van der Waals surface area contributed by atoms with E-state index in [-0.39, 0.29) is 17.6 Å². The first-order valence-corrected chi connectivity index (χ1v) is 11.6. The smallest absolute Gasteiger partial charge is 0.326 e. The van der Waals surface area contributed by atoms with Gasteiger partial charge in [0.15, 0.2) is 0 Å². The van der Waals surface area contributed by atoms with Crippen molar-refractivity contribution < 1.29 is 4.79 Å². The Morgan fingerprint density at radius 3 is 2.55 bits per heavy atom. The minimum atomic E-state index is -0.132. The number of aryl methyl sites for hydroxylation is 1. The molecule has 33 heavy (non-hydrogen) atoms. The molecule has 0 saturated carbocycles. The van der Waals surface area contributed by atoms with Gasteiger partial charge in [-0.25, -0.2) is 9.48 Å². The Morgan fingerprint density at radius 2 is 1.79 bits per heavy atom. The lowest BCUT2D eigenvalue weighted by atomic mass is 10.0. The molecular weight excluding hydrogens is 461 g/mol. The second-order valence-electron chi connectivity index (χ2n) is 8.34. The van der Waals surface area contributed by atoms with Crippen LogP contribution in [0, 0.1) is 6.92 Å². The molecule has 170 valence electrons. The van der Waals surface area contributed by atoms with E-state index in [1.54, 1.807) is 16.5 Å². The van der Waals surface area contributed by atoms with Gasteiger partial charge in [0, 0.05) is 24.2 Å². The molecule has 1 aliphatic heterocycles. The Kier molecular flexibility index (Phi) is 5.76. The average molecular weight is 484 g/mol. The molecule has 3 heterocycles. The zero-order valence-electron chi connectivity index (χ0n) is 18.1. The van der Waals surface area contributed by atoms with Gasteiger partial charge in [0.25, 0.3) is 5.91 Å². The van der Waals surface area contributed by atoms with E-state index in [1.165, 1.54) is 0 Å². The highest BCUT2D eigenvalue weighted by molar-refractivity contribution is 6.33. The quantitative estimate of drug-likeness (QED) is 0.458. The molecule has 0 unspecified atom stereocenters. The highest BCUT2D eigenvalue weighted by Crippen LogP contribution is 2.29. The third kappa shape index (κ3) is 3.96. The molecule has 2 aromatic carbocycles. The van der Waals surface area contributed by atoms with Crippen molar-refractivity contribution in [3.05, 3.63) is 86.0 Å². The number of amides is 1. The van der Waals surface area contributed by atoms with E-state index < -0.39 is 0 Å². The Morgan fingerprint density at radius 1 is 1.09 bits per heavy atom. The third-order valence-corrected chi connectivity index (χ3v) is 7.05. The number of aromatic nitrogens is 4. The van der Waals surface area contributed by atoms with Gasteiger partial charge in [-0.1, -0.05) is 53.5 Å². The maximum atomic E-state index is 13.3. The molecule has 1 fully saturated rings. The lowest BCUT2D eigenvalue weighted by Crippen LogP contribution is -2.40. The Balaban J connectivity index is 1.33. The second-order valence-corrected chi connectivity index (χ2v) is 9.11. The van der Waals surface area contributed by atoms with E-state index in [0.717, 1.165) is 16.6 Å². The van der Waals surface area contributed by atoms with Crippen LogP contribution in [-0.4, -0.2) is 43.2 Å². The number of H-pyrrole nitrogens is 1. The molecule has 0 atom stereocenters. The van der Waals surface area contributed by atoms with E-state index in [9.17, 15) is 9.59 Å². The van der Waals surface area contributed by atoms with Gasteiger partial charge in [-0.05, 0) is 43.5 Å². The summed E-state index contributed by atoms with van der Waals surface area (Å²) in [6.45, 7) is 3.26. The number of likely N-dealkylation sites (tertiary alicyclic amines) is 1. The predicted molar refractivity (Wildman–Crippen MR) is 129 cm³/mol. The summed E-state index contributed by atoms with van der Waals surface area (Å²) in [7, 11) is 0. The highest BCUT2D eigenvalue weighted by Gasteiger charge is 2.30. The molecule has 2 aromatic heterocycles. The first-order valence-electron chi connectivity index (χ1n) is 10.9. The summed E-state index contributed by atoms with van der Waals surface area (Å²) in [5.41, 5.74) is 3.51. The number of nitrogens with zero attached hydrogens (tertiary/aromatic N) is 4. The summed E-state index contributed by atoms with van der Waals surface area (Å²) in [5.74, 6) is -0.132. The van der Waals surface area contributed by atoms with Crippen LogP contribution in [0.3, 0.4) is 0 Å². The summed E-state index contributed by atoms with van der Waals surface area (Å²) in [4.78, 5) is 30.6. The van der Waals surface area contributed by atoms with Crippen LogP contribution in [-0.2, 0) is 6.54 Å². The van der Waals surface area contributed by atoms with E-state index in [2.05, 4.69) is 10.1 Å². The maximum absolute atomic E-state index is 13.3. The van der Waals surface area contributed by atoms with Crippen molar-refractivity contribution in [1.29, 1.82) is 0 Å². The van der Waals surface area contributed by atoms with Gasteiger partial charge >= 0.3 is 5.69 Å². The number of carbonyl (C=O) groups is 1. The fourth-order valence-corrected chi connectivity index (χ4v) is 5.12. The van der Waals surface area contributed by atoms with Crippen LogP contribution in [0.4, 0.5) is 0 Å². The molecule has 4 aromatic rings. The van der Waals surface area contributed by atoms with E-state index in [0.29, 0.717) is 53.9 Å². The zero-order valence-corrected chi connectivity index (χ0v) is 19.6. The number of halogens is 2. The number of nitrogens with one attached hydrogen (secondary N) is 1. The first-order chi connectivity index (χ1) is 15.9. The van der Waals surface area contributed by atoms with Crippen molar-refractivity contribution in [2.24, 2.45) is 0 Å². The number of fused-ring (bicyclic) bond motifs is 1. The minimum Gasteiger partial charge on any atom is -0.338 e. The number of para-hydroxylation sites is 2. The van der Waals surface area contributed by atoms with Gasteiger partial charge in [-0.2, -0.15) is 5.10 Å². The standard InChI is InChI=1S/C24H23Cl2N5O2/c1-15-21(22(26)30(28-15)14-16-6-2-3-7-18(16)25)23(32)29-12-10-17(11-13-29)31-20-9-5-4-8-19(20)27-24(31)33/h2-9,17H,10-14H2,1H3,(H,27,33). The predicted octanol–water partition coefficient (Wildman–Crippen LogP) is 4.67. The summed E-state index contributed by atoms with van der Waals surface area (Å²) in [5, 5.41) is 5.43. The number of benzene rings is 2. The number of hydrogen-bond donors (Lipinski definition) is 1. The Labute approximate surface area is 200 Å². The van der Waals surface area contributed by atoms with Gasteiger partial charge in [0.1, 0.15) is 5.15 Å². The van der Waals surface area contributed by atoms with Crippen LogP contribution in [0.15, 0.2) is 53.3 Å². The summed E-state index contributed by atoms with van der Waals surface area (Å²) < 4.78 is 3.43. The molecule has 0 bridgehead atoms. The molecule has 0 spiro atoms. The van der Waals surface area contributed by atoms with E-state index in [4.69, 9.17) is 23.2 Å². The number of imidazole rings is 1. The lowest BCUT2D eigenvalue weighted by Gasteiger charge is -2.32. The van der Waals surface area contributed by atoms with Crippen LogP contribution in [0.2, 0.25) is 10.2 Å². The van der Waals surface area contributed by atoms with Crippen molar-refractivity contribution >= 4 is 40.1 Å². The second kappa shape index (κ2) is 8.72. The molecule has 0 radical (unpaired) electrons. The number of piperidine rings is 1. The van der Waals surface area contributed by atoms with Crippen LogP contribution in [0.25, 0.3) is 11.0 Å². The van der Waals surface area contributed by atoms with Crippen LogP contribution in [0.5, 0.6) is 0 Å². The SMILES string of the molecule is Cc1nn(Cc2ccccc2Cl)c(Cl)c1C(=O)N1CCC(n2c(=O)[nH]c3ccccc32)CC1. The molecule has 1 aliphatic rings. The van der Waals surface area contributed by atoms with Crippen molar-refractivity contribution in [1.82, 2.24) is 24.2 Å². The summed E-state index contributed by atoms with van der Waals surface area (Å²) in [6.07, 6.45) is 1.38. The molecule has 7 nitrogen and oxygen atoms in total. The largest absolute Gasteiger partial charge is 0.338 e. The summed E-state index contributed by atoms with van der Waals surface area (Å²) >= 11 is 12.9. The van der Waals surface area contributed by atoms with Gasteiger partial charge < -0.3 is 9.88 Å². The van der Waals surface area contributed by atoms with E-state index in [1.807, 2.05) is 53.1 Å². The normalized spacial score (nSPS) is 14.8. The van der Waals surface area contributed by atoms with Crippen molar-refractivity contribution in [3.8, 4) is 0 Å². The van der Waals surface area contributed by atoms with E-state index >= 15 is 0 Å². The monoisotopic (exact) mass is 483 g/mol. The maximum Gasteiger partial charge on any atom is 0.326 e. The van der Waals surface area contributed by atoms with Crippen LogP contribution < -0.4 is 5.69 Å². The van der Waals surface area contributed by atoms with Gasteiger partial charge in [-0.3, -0.25) is 9.36 Å². The third-order valence-electron chi connectivity index (χ3n) is 6.30. The highest BCUT2D eigenvalue weighted by atomic mass is 35.5. The molecular formula is C24H23Cl2N5O2. The first kappa shape index (κ1) is 21.8. The van der Waals surface area contributed by atoms with Crippen LogP contribution in [0.1, 0.15) is 40.5 Å². The average Bonchev–Trinajstić information content (AvgIpc) is 3.29. The number of rotatable bonds is 4. The van der Waals surface area contributed by atoms with Gasteiger partial charge in [-0.15, -0.1) is 0 Å². The molecule has 1 saturated heterocycles. The number of carbonyl (C=O) groups excluding carboxylic acids is 1. The summed E-state index contributed by atoms with van der Waals surface area (Å²) in [6, 6.07) is 15.2. The fourth-order valence-electron chi connectivity index (χ4n) is 4.61. The Bertz CT molecular complexity index is 1400. The fraction of sp³-hybridized carbons (Fsp3) is 0.292. The molecule has 9 heteroatoms. The molecule has 5 rings (SSSR count). The zero-order chi connectivity index (χ0) is 23.1. The van der Waals surface area contributed by atoms with Gasteiger partial charge in [0.05, 0.1) is 28.8 Å². The van der Waals surface area contributed by atoms with Gasteiger partial charge in [0.2, 0.25) is 0 Å².